The molecule has 0 spiro atoms. The third-order valence-electron chi connectivity index (χ3n) is 13.6. The fourth-order valence-corrected chi connectivity index (χ4v) is 11.6. The molecule has 0 saturated carbocycles. The zero-order valence-electron chi connectivity index (χ0n) is 44.4. The van der Waals surface area contributed by atoms with Gasteiger partial charge >= 0.3 is 0 Å². The number of nitrogens with zero attached hydrogens (tertiary/aromatic N) is 1. The van der Waals surface area contributed by atoms with E-state index in [0.717, 1.165) is 43.3 Å². The van der Waals surface area contributed by atoms with E-state index < -0.39 is 102 Å². The second-order valence-electron chi connectivity index (χ2n) is 19.8. The second kappa shape index (κ2) is 29.8. The normalized spacial score (nSPS) is 21.0. The lowest BCUT2D eigenvalue weighted by atomic mass is 10.0. The van der Waals surface area contributed by atoms with Crippen LogP contribution < -0.4 is 54.4 Å². The van der Waals surface area contributed by atoms with Crippen molar-refractivity contribution in [1.82, 2.24) is 47.2 Å². The number of para-hydroxylation sites is 1. The number of aliphatic hydroxyl groups is 1. The minimum atomic E-state index is -1.70. The number of carbonyl (C=O) groups is 8. The predicted molar refractivity (Wildman–Crippen MR) is 313 cm³/mol. The summed E-state index contributed by atoms with van der Waals surface area (Å²) in [5.41, 5.74) is 21.4. The maximum absolute atomic E-state index is 14.8. The quantitative estimate of drug-likeness (QED) is 0.0431. The molecule has 1 fully saturated rings. The van der Waals surface area contributed by atoms with Crippen molar-refractivity contribution in [3.8, 4) is 0 Å². The Bertz CT molecular complexity index is 3170. The van der Waals surface area contributed by atoms with Gasteiger partial charge in [0.2, 0.25) is 47.3 Å². The summed E-state index contributed by atoms with van der Waals surface area (Å²) in [6.45, 7) is 1.51. The summed E-state index contributed by atoms with van der Waals surface area (Å²) in [6, 6.07) is 19.4. The molecule has 9 atom stereocenters. The Kier molecular flexibility index (Phi) is 22.5. The zero-order chi connectivity index (χ0) is 58.0. The molecule has 4 aromatic carbocycles. The number of aromatic nitrogens is 2. The summed E-state index contributed by atoms with van der Waals surface area (Å²) in [5, 5.41) is 33.2. The molecule has 81 heavy (non-hydrogen) atoms. The van der Waals surface area contributed by atoms with E-state index in [1.54, 1.807) is 48.7 Å². The molecule has 15 N–H and O–H groups in total. The lowest BCUT2D eigenvalue weighted by Gasteiger charge is -2.29. The molecule has 21 nitrogen and oxygen atoms in total. The van der Waals surface area contributed by atoms with Gasteiger partial charge in [-0.05, 0) is 96.4 Å². The molecule has 2 aromatic heterocycles. The largest absolute Gasteiger partial charge is 0.391 e. The average Bonchev–Trinajstić information content (AvgIpc) is 3.91. The summed E-state index contributed by atoms with van der Waals surface area (Å²) in [7, 11) is 2.03. The van der Waals surface area contributed by atoms with E-state index in [2.05, 4.69) is 47.2 Å². The Morgan fingerprint density at radius 2 is 1.40 bits per heavy atom. The molecular weight excluding hydrogens is 1100 g/mol. The van der Waals surface area contributed by atoms with E-state index in [1.807, 2.05) is 60.7 Å². The highest BCUT2D eigenvalue weighted by Gasteiger charge is 2.37. The minimum absolute atomic E-state index is 0.0113. The molecule has 1 saturated heterocycles. The summed E-state index contributed by atoms with van der Waals surface area (Å²) in [5.74, 6) is -7.18. The number of fused-ring (bicyclic) bond motifs is 2. The van der Waals surface area contributed by atoms with Crippen molar-refractivity contribution in [2.45, 2.75) is 106 Å². The number of halogens is 1. The Morgan fingerprint density at radius 1 is 0.728 bits per heavy atom. The van der Waals surface area contributed by atoms with E-state index in [9.17, 15) is 43.5 Å². The Balaban J connectivity index is 1.24. The highest BCUT2D eigenvalue weighted by molar-refractivity contribution is 8.76. The van der Waals surface area contributed by atoms with Gasteiger partial charge in [-0.1, -0.05) is 112 Å². The van der Waals surface area contributed by atoms with Gasteiger partial charge in [0.15, 0.2) is 0 Å². The van der Waals surface area contributed by atoms with Gasteiger partial charge in [-0.3, -0.25) is 43.3 Å². The molecule has 1 aliphatic heterocycles. The van der Waals surface area contributed by atoms with Crippen LogP contribution in [-0.2, 0) is 64.0 Å². The monoisotopic (exact) mass is 1160 g/mol. The van der Waals surface area contributed by atoms with E-state index in [-0.39, 0.29) is 50.2 Å². The number of H-pyrrole nitrogens is 1. The van der Waals surface area contributed by atoms with Crippen molar-refractivity contribution >= 4 is 102 Å². The lowest BCUT2D eigenvalue weighted by Crippen LogP contribution is -2.62. The third-order valence-corrected chi connectivity index (χ3v) is 16.3. The lowest BCUT2D eigenvalue weighted by molar-refractivity contribution is -0.136. The predicted octanol–water partition coefficient (Wildman–Crippen LogP) is 1.75. The van der Waals surface area contributed by atoms with E-state index in [4.69, 9.17) is 28.8 Å². The number of hydrogen-bond donors (Lipinski definition) is 12. The fourth-order valence-electron chi connectivity index (χ4n) is 9.13. The maximum Gasteiger partial charge on any atom is 0.245 e. The number of pyridine rings is 1. The van der Waals surface area contributed by atoms with E-state index in [0.29, 0.717) is 40.1 Å². The number of unbranched alkanes of at least 4 members (excludes halogenated alkanes) is 1. The van der Waals surface area contributed by atoms with Gasteiger partial charge in [0.1, 0.15) is 42.3 Å². The standard InChI is InChI=1S/C57H67ClN12O9S2/c1-32(71)49-57(79)69-48(55(77)65-44(50(61)72)25-34-15-18-36-10-2-3-11-37(36)23-34)31-81-80-30-47(68-51(73)41(60)24-33-16-19-39(58)20-17-33)56(78)66-45(26-35-9-8-22-62-28-35)53(75)67-46(27-38-29-63-42-13-5-4-12-40(38)42)54(76)64-43(52(74)70-49)14-6-7-21-59/h2-5,8-13,15-20,22-23,28-29,32,41,43-49,63,71H,6-7,14,21,24-27,30-31,59-60H2,1H3,(H2,61,72)(H,64,76)(H,65,77)(H,66,78)(H,67,75)(H,68,73)(H,69,79)(H,70,74)/t32-,41+,43+,44+,45+,46?,47?,48?,49+/m1/s1. The molecule has 6 aromatic rings. The van der Waals surface area contributed by atoms with Crippen molar-refractivity contribution in [3.63, 3.8) is 0 Å². The number of primary amides is 1. The number of benzene rings is 4. The van der Waals surface area contributed by atoms with Crippen molar-refractivity contribution in [1.29, 1.82) is 0 Å². The minimum Gasteiger partial charge on any atom is -0.391 e. The summed E-state index contributed by atoms with van der Waals surface area (Å²) < 4.78 is 0. The molecule has 0 aliphatic carbocycles. The second-order valence-corrected chi connectivity index (χ2v) is 22.8. The summed E-state index contributed by atoms with van der Waals surface area (Å²) >= 11 is 6.10. The topological polar surface area (TPSA) is 348 Å². The van der Waals surface area contributed by atoms with Crippen molar-refractivity contribution < 1.29 is 43.5 Å². The van der Waals surface area contributed by atoms with Crippen molar-refractivity contribution in [3.05, 3.63) is 149 Å². The van der Waals surface area contributed by atoms with Gasteiger partial charge in [0.05, 0.1) is 12.1 Å². The van der Waals surface area contributed by atoms with Crippen LogP contribution in [0.3, 0.4) is 0 Å². The van der Waals surface area contributed by atoms with Gasteiger partial charge in [0, 0.05) is 65.3 Å². The highest BCUT2D eigenvalue weighted by atomic mass is 35.5. The van der Waals surface area contributed by atoms with Crippen LogP contribution in [0, 0.1) is 0 Å². The van der Waals surface area contributed by atoms with Gasteiger partial charge in [0.25, 0.3) is 0 Å². The fraction of sp³-hybridized carbons (Fsp3) is 0.351. The first kappa shape index (κ1) is 61.1. The number of carbonyl (C=O) groups excluding carboxylic acids is 8. The zero-order valence-corrected chi connectivity index (χ0v) is 46.8. The van der Waals surface area contributed by atoms with E-state index in [1.165, 1.54) is 19.3 Å². The van der Waals surface area contributed by atoms with Crippen molar-refractivity contribution in [2.24, 2.45) is 17.2 Å². The molecule has 428 valence electrons. The van der Waals surface area contributed by atoms with Crippen LogP contribution in [0.4, 0.5) is 0 Å². The van der Waals surface area contributed by atoms with Gasteiger partial charge < -0.3 is 64.5 Å². The van der Waals surface area contributed by atoms with E-state index >= 15 is 0 Å². The summed E-state index contributed by atoms with van der Waals surface area (Å²) in [6.07, 6.45) is 3.79. The molecule has 24 heteroatoms. The van der Waals surface area contributed by atoms with Gasteiger partial charge in [-0.2, -0.15) is 0 Å². The molecule has 3 heterocycles. The molecule has 8 amide bonds. The van der Waals surface area contributed by atoms with Crippen LogP contribution in [0.2, 0.25) is 5.02 Å². The van der Waals surface area contributed by atoms with Crippen LogP contribution >= 0.6 is 33.2 Å². The third kappa shape index (κ3) is 17.7. The van der Waals surface area contributed by atoms with Crippen LogP contribution in [0.15, 0.2) is 122 Å². The average molecular weight is 1160 g/mol. The van der Waals surface area contributed by atoms with Crippen LogP contribution in [-0.4, -0.2) is 135 Å². The number of aromatic amines is 1. The SMILES string of the molecule is C[C@@H](O)[C@@H]1NC(=O)[C@H](CCCCN)NC(=O)C(Cc2c[nH]c3ccccc23)NC(=O)[C@H](Cc2cccnc2)NC(=O)C(NC(=O)[C@@H](N)Cc2ccc(Cl)cc2)CSSCC(C(=O)N[C@@H](Cc2ccc3ccccc3c2)C(N)=O)NC1=O. The highest BCUT2D eigenvalue weighted by Crippen LogP contribution is 2.25. The van der Waals surface area contributed by atoms with Crippen LogP contribution in [0.5, 0.6) is 0 Å². The number of aliphatic hydroxyl groups excluding tert-OH is 1. The molecule has 3 unspecified atom stereocenters. The van der Waals surface area contributed by atoms with Crippen molar-refractivity contribution in [2.75, 3.05) is 18.1 Å². The molecule has 0 radical (unpaired) electrons. The smallest absolute Gasteiger partial charge is 0.245 e. The Morgan fingerprint density at radius 3 is 2.11 bits per heavy atom. The molecule has 1 aliphatic rings. The first-order valence-electron chi connectivity index (χ1n) is 26.4. The Hall–Kier alpha value is -7.54. The molecule has 0 bridgehead atoms. The van der Waals surface area contributed by atoms with Gasteiger partial charge in [-0.15, -0.1) is 0 Å². The molecule has 7 rings (SSSR count). The Labute approximate surface area is 481 Å². The number of nitrogens with two attached hydrogens (primary N) is 3. The van der Waals surface area contributed by atoms with Crippen LogP contribution in [0.25, 0.3) is 21.7 Å². The maximum atomic E-state index is 14.8. The number of rotatable bonds is 18. The number of amides is 8. The first-order chi connectivity index (χ1) is 39.0. The van der Waals surface area contributed by atoms with Gasteiger partial charge in [-0.25, -0.2) is 0 Å². The first-order valence-corrected chi connectivity index (χ1v) is 29.3. The molecular formula is C57H67ClN12O9S2. The number of nitrogens with one attached hydrogen (secondary N) is 8. The number of hydrogen-bond acceptors (Lipinski definition) is 14. The summed E-state index contributed by atoms with van der Waals surface area (Å²) in [4.78, 5) is 122. The van der Waals surface area contributed by atoms with Crippen LogP contribution in [0.1, 0.15) is 48.4 Å².